The zero-order chi connectivity index (χ0) is 10.7. The molecular weight excluding hydrogens is 204 g/mol. The maximum atomic E-state index is 11.1. The molecule has 0 saturated heterocycles. The van der Waals surface area contributed by atoms with Crippen LogP contribution >= 0.6 is 11.3 Å². The van der Waals surface area contributed by atoms with Crippen molar-refractivity contribution in [2.75, 3.05) is 11.9 Å². The first-order valence-corrected chi connectivity index (χ1v) is 4.86. The van der Waals surface area contributed by atoms with E-state index in [2.05, 4.69) is 10.3 Å². The summed E-state index contributed by atoms with van der Waals surface area (Å²) in [7, 11) is 0. The molecule has 0 radical (unpaired) electrons. The Balaban J connectivity index is 3.12. The van der Waals surface area contributed by atoms with Gasteiger partial charge in [-0.15, -0.1) is 0 Å². The highest BCUT2D eigenvalue weighted by atomic mass is 32.1. The number of carbonyl (C=O) groups excluding carboxylic acids is 1. The van der Waals surface area contributed by atoms with Crippen LogP contribution in [-0.4, -0.2) is 28.4 Å². The molecule has 0 aliphatic rings. The number of ketones is 1. The number of aromatic carboxylic acids is 1. The highest BCUT2D eigenvalue weighted by Gasteiger charge is 2.19. The fraction of sp³-hybridized carbons (Fsp3) is 0.375. The van der Waals surface area contributed by atoms with Gasteiger partial charge in [0.25, 0.3) is 0 Å². The van der Waals surface area contributed by atoms with E-state index in [-0.39, 0.29) is 16.4 Å². The van der Waals surface area contributed by atoms with Crippen LogP contribution in [0, 0.1) is 0 Å². The molecule has 14 heavy (non-hydrogen) atoms. The Morgan fingerprint density at radius 1 is 1.57 bits per heavy atom. The van der Waals surface area contributed by atoms with Crippen molar-refractivity contribution in [3.8, 4) is 0 Å². The average Bonchev–Trinajstić information content (AvgIpc) is 2.49. The molecule has 1 rings (SSSR count). The first kappa shape index (κ1) is 10.6. The molecule has 76 valence electrons. The maximum absolute atomic E-state index is 11.1. The van der Waals surface area contributed by atoms with Gasteiger partial charge in [-0.3, -0.25) is 4.79 Å². The minimum atomic E-state index is -1.17. The smallest absolute Gasteiger partial charge is 0.356 e. The third-order valence-electron chi connectivity index (χ3n) is 1.48. The van der Waals surface area contributed by atoms with Gasteiger partial charge >= 0.3 is 5.97 Å². The Morgan fingerprint density at radius 2 is 2.21 bits per heavy atom. The number of hydrogen-bond acceptors (Lipinski definition) is 5. The van der Waals surface area contributed by atoms with Crippen molar-refractivity contribution in [2.24, 2.45) is 0 Å². The molecule has 0 fully saturated rings. The molecule has 0 aromatic carbocycles. The van der Waals surface area contributed by atoms with E-state index in [0.29, 0.717) is 11.7 Å². The Bertz CT molecular complexity index is 341. The predicted molar refractivity (Wildman–Crippen MR) is 53.2 cm³/mol. The molecule has 1 aromatic heterocycles. The van der Waals surface area contributed by atoms with E-state index in [1.165, 1.54) is 6.92 Å². The Hall–Kier alpha value is -1.43. The first-order chi connectivity index (χ1) is 6.56. The van der Waals surface area contributed by atoms with Gasteiger partial charge in [0.2, 0.25) is 0 Å². The van der Waals surface area contributed by atoms with Crippen LogP contribution < -0.4 is 5.32 Å². The Labute approximate surface area is 84.8 Å². The van der Waals surface area contributed by atoms with Crippen molar-refractivity contribution in [3.05, 3.63) is 10.6 Å². The number of nitrogens with one attached hydrogen (secondary N) is 1. The predicted octanol–water partition coefficient (Wildman–Crippen LogP) is 1.48. The van der Waals surface area contributed by atoms with Crippen LogP contribution in [0.4, 0.5) is 5.13 Å². The first-order valence-electron chi connectivity index (χ1n) is 4.05. The molecule has 0 bridgehead atoms. The Kier molecular flexibility index (Phi) is 3.19. The lowest BCUT2D eigenvalue weighted by Crippen LogP contribution is -2.04. The monoisotopic (exact) mass is 214 g/mol. The second-order valence-electron chi connectivity index (χ2n) is 2.59. The van der Waals surface area contributed by atoms with Gasteiger partial charge in [0.1, 0.15) is 4.88 Å². The van der Waals surface area contributed by atoms with E-state index >= 15 is 0 Å². The van der Waals surface area contributed by atoms with Crippen molar-refractivity contribution in [2.45, 2.75) is 13.8 Å². The zero-order valence-corrected chi connectivity index (χ0v) is 8.64. The van der Waals surface area contributed by atoms with Crippen molar-refractivity contribution >= 4 is 28.2 Å². The zero-order valence-electron chi connectivity index (χ0n) is 7.83. The molecule has 0 atom stereocenters. The molecule has 0 aliphatic carbocycles. The highest BCUT2D eigenvalue weighted by Crippen LogP contribution is 2.23. The van der Waals surface area contributed by atoms with E-state index in [4.69, 9.17) is 5.11 Å². The summed E-state index contributed by atoms with van der Waals surface area (Å²) in [6.45, 7) is 3.84. The van der Waals surface area contributed by atoms with Gasteiger partial charge < -0.3 is 10.4 Å². The van der Waals surface area contributed by atoms with Crippen LogP contribution in [0.3, 0.4) is 0 Å². The van der Waals surface area contributed by atoms with Gasteiger partial charge in [-0.2, -0.15) is 0 Å². The second kappa shape index (κ2) is 4.19. The molecule has 6 heteroatoms. The van der Waals surface area contributed by atoms with Crippen LogP contribution in [0.5, 0.6) is 0 Å². The van der Waals surface area contributed by atoms with E-state index in [9.17, 15) is 9.59 Å². The number of hydrogen-bond donors (Lipinski definition) is 2. The lowest BCUT2D eigenvalue weighted by atomic mass is 10.3. The average molecular weight is 214 g/mol. The van der Waals surface area contributed by atoms with Crippen LogP contribution in [0.25, 0.3) is 0 Å². The van der Waals surface area contributed by atoms with Crippen LogP contribution in [0.2, 0.25) is 0 Å². The molecule has 0 unspecified atom stereocenters. The van der Waals surface area contributed by atoms with E-state index in [1.54, 1.807) is 0 Å². The summed E-state index contributed by atoms with van der Waals surface area (Å²) in [4.78, 5) is 25.8. The summed E-state index contributed by atoms with van der Waals surface area (Å²) in [6.07, 6.45) is 0. The minimum absolute atomic E-state index is 0.168. The fourth-order valence-electron chi connectivity index (χ4n) is 0.931. The highest BCUT2D eigenvalue weighted by molar-refractivity contribution is 7.17. The standard InChI is InChI=1S/C8H10N2O3S/c1-3-9-8-10-5(7(12)13)6(14-8)4(2)11/h3H2,1-2H3,(H,9,10)(H,12,13). The van der Waals surface area contributed by atoms with Gasteiger partial charge in [0.15, 0.2) is 16.6 Å². The molecule has 0 saturated carbocycles. The van der Waals surface area contributed by atoms with Crippen molar-refractivity contribution in [1.29, 1.82) is 0 Å². The molecule has 0 aliphatic heterocycles. The number of anilines is 1. The lowest BCUT2D eigenvalue weighted by Gasteiger charge is -1.92. The summed E-state index contributed by atoms with van der Waals surface area (Å²) in [5.41, 5.74) is -0.168. The quantitative estimate of drug-likeness (QED) is 0.742. The van der Waals surface area contributed by atoms with Crippen molar-refractivity contribution in [3.63, 3.8) is 0 Å². The normalized spacial score (nSPS) is 9.86. The molecule has 1 heterocycles. The van der Waals surface area contributed by atoms with Crippen LogP contribution in [0.15, 0.2) is 0 Å². The number of rotatable bonds is 4. The van der Waals surface area contributed by atoms with E-state index < -0.39 is 5.97 Å². The second-order valence-corrected chi connectivity index (χ2v) is 3.59. The number of carboxylic acids is 1. The van der Waals surface area contributed by atoms with Gasteiger partial charge in [0, 0.05) is 13.5 Å². The largest absolute Gasteiger partial charge is 0.476 e. The fourth-order valence-corrected chi connectivity index (χ4v) is 1.85. The SMILES string of the molecule is CCNc1nc(C(=O)O)c(C(C)=O)s1. The molecule has 5 nitrogen and oxygen atoms in total. The number of carboxylic acid groups (broad SMARTS) is 1. The molecule has 2 N–H and O–H groups in total. The summed E-state index contributed by atoms with van der Waals surface area (Å²) in [6, 6.07) is 0. The van der Waals surface area contributed by atoms with Crippen molar-refractivity contribution in [1.82, 2.24) is 4.98 Å². The molecule has 0 amide bonds. The number of thiazole rings is 1. The van der Waals surface area contributed by atoms with Gasteiger partial charge in [-0.05, 0) is 6.92 Å². The summed E-state index contributed by atoms with van der Waals surface area (Å²) in [5.74, 6) is -1.44. The molecule has 0 spiro atoms. The molecule has 1 aromatic rings. The maximum Gasteiger partial charge on any atom is 0.356 e. The number of Topliss-reactive ketones (excluding diaryl/α,β-unsaturated/α-hetero) is 1. The third-order valence-corrected chi connectivity index (χ3v) is 2.59. The van der Waals surface area contributed by atoms with Crippen LogP contribution in [0.1, 0.15) is 34.0 Å². The van der Waals surface area contributed by atoms with Gasteiger partial charge in [0.05, 0.1) is 0 Å². The summed E-state index contributed by atoms with van der Waals surface area (Å²) in [5, 5.41) is 12.1. The third kappa shape index (κ3) is 2.08. The molecular formula is C8H10N2O3S. The number of aromatic nitrogens is 1. The van der Waals surface area contributed by atoms with Gasteiger partial charge in [-0.25, -0.2) is 9.78 Å². The number of carbonyl (C=O) groups is 2. The minimum Gasteiger partial charge on any atom is -0.476 e. The lowest BCUT2D eigenvalue weighted by molar-refractivity contribution is 0.0687. The van der Waals surface area contributed by atoms with Gasteiger partial charge in [-0.1, -0.05) is 11.3 Å². The number of nitrogens with zero attached hydrogens (tertiary/aromatic N) is 1. The van der Waals surface area contributed by atoms with Crippen molar-refractivity contribution < 1.29 is 14.7 Å². The topological polar surface area (TPSA) is 79.3 Å². The summed E-state index contributed by atoms with van der Waals surface area (Å²) >= 11 is 1.07. The van der Waals surface area contributed by atoms with Crippen LogP contribution in [-0.2, 0) is 0 Å². The summed E-state index contributed by atoms with van der Waals surface area (Å²) < 4.78 is 0. The van der Waals surface area contributed by atoms with E-state index in [1.807, 2.05) is 6.92 Å². The Morgan fingerprint density at radius 3 is 2.57 bits per heavy atom. The van der Waals surface area contributed by atoms with E-state index in [0.717, 1.165) is 11.3 Å².